The summed E-state index contributed by atoms with van der Waals surface area (Å²) >= 11 is 0. The van der Waals surface area contributed by atoms with Gasteiger partial charge >= 0.3 is 0 Å². The van der Waals surface area contributed by atoms with Gasteiger partial charge in [0.25, 0.3) is 0 Å². The lowest BCUT2D eigenvalue weighted by atomic mass is 10.1. The van der Waals surface area contributed by atoms with Crippen LogP contribution in [0.1, 0.15) is 0 Å². The second-order valence-electron chi connectivity index (χ2n) is 2.76. The summed E-state index contributed by atoms with van der Waals surface area (Å²) in [6, 6.07) is 5.43. The molecule has 1 aromatic carbocycles. The van der Waals surface area contributed by atoms with E-state index in [4.69, 9.17) is 16.0 Å². The first-order valence-corrected chi connectivity index (χ1v) is 3.82. The largest absolute Gasteiger partial charge is 0.397 e. The third-order valence-electron chi connectivity index (χ3n) is 1.85. The van der Waals surface area contributed by atoms with Crippen LogP contribution in [0, 0.1) is 0 Å². The Bertz CT molecular complexity index is 409. The van der Waals surface area contributed by atoms with Gasteiger partial charge < -0.3 is 16.0 Å². The van der Waals surface area contributed by atoms with Gasteiger partial charge in [0.05, 0.1) is 17.6 Å². The highest BCUT2D eigenvalue weighted by Crippen LogP contribution is 2.24. The highest BCUT2D eigenvalue weighted by Gasteiger charge is 2.01. The first kappa shape index (κ1) is 7.67. The van der Waals surface area contributed by atoms with Crippen molar-refractivity contribution >= 4 is 11.4 Å². The molecule has 0 fully saturated rings. The molecule has 0 amide bonds. The molecule has 0 aliphatic heterocycles. The topological polar surface area (TPSA) is 78.1 Å². The summed E-state index contributed by atoms with van der Waals surface area (Å²) in [7, 11) is 0. The van der Waals surface area contributed by atoms with Crippen molar-refractivity contribution in [1.82, 2.24) is 5.16 Å². The molecule has 0 unspecified atom stereocenters. The molecule has 4 nitrogen and oxygen atoms in total. The maximum absolute atomic E-state index is 5.65. The fourth-order valence-corrected chi connectivity index (χ4v) is 1.10. The molecule has 0 saturated carbocycles. The van der Waals surface area contributed by atoms with Crippen LogP contribution in [-0.2, 0) is 0 Å². The summed E-state index contributed by atoms with van der Waals surface area (Å²) in [5.74, 6) is 0. The van der Waals surface area contributed by atoms with E-state index in [0.717, 1.165) is 11.1 Å². The van der Waals surface area contributed by atoms with Crippen LogP contribution in [-0.4, -0.2) is 5.16 Å². The molecule has 66 valence electrons. The van der Waals surface area contributed by atoms with Crippen molar-refractivity contribution in [3.05, 3.63) is 30.7 Å². The van der Waals surface area contributed by atoms with Crippen LogP contribution in [0.25, 0.3) is 11.1 Å². The highest BCUT2D eigenvalue weighted by atomic mass is 16.5. The Hall–Kier alpha value is -1.97. The van der Waals surface area contributed by atoms with Gasteiger partial charge in [-0.25, -0.2) is 0 Å². The number of rotatable bonds is 1. The van der Waals surface area contributed by atoms with Crippen molar-refractivity contribution in [3.8, 4) is 11.1 Å². The zero-order valence-corrected chi connectivity index (χ0v) is 6.90. The summed E-state index contributed by atoms with van der Waals surface area (Å²) in [5, 5.41) is 3.60. The summed E-state index contributed by atoms with van der Waals surface area (Å²) in [6.45, 7) is 0. The Balaban J connectivity index is 2.49. The van der Waals surface area contributed by atoms with Crippen LogP contribution in [0.15, 0.2) is 35.2 Å². The fourth-order valence-electron chi connectivity index (χ4n) is 1.10. The summed E-state index contributed by atoms with van der Waals surface area (Å²) < 4.78 is 4.72. The van der Waals surface area contributed by atoms with Crippen molar-refractivity contribution in [2.24, 2.45) is 0 Å². The number of hydrogen-bond acceptors (Lipinski definition) is 4. The Morgan fingerprint density at radius 2 is 1.92 bits per heavy atom. The van der Waals surface area contributed by atoms with Gasteiger partial charge in [0, 0.05) is 5.56 Å². The first-order chi connectivity index (χ1) is 6.27. The van der Waals surface area contributed by atoms with Crippen LogP contribution in [0.2, 0.25) is 0 Å². The van der Waals surface area contributed by atoms with Crippen molar-refractivity contribution in [3.63, 3.8) is 0 Å². The van der Waals surface area contributed by atoms with Gasteiger partial charge in [0.15, 0.2) is 0 Å². The molecule has 0 atom stereocenters. The normalized spacial score (nSPS) is 10.2. The van der Waals surface area contributed by atoms with Gasteiger partial charge in [0.1, 0.15) is 6.26 Å². The second kappa shape index (κ2) is 2.82. The molecular weight excluding hydrogens is 166 g/mol. The molecule has 0 radical (unpaired) electrons. The minimum absolute atomic E-state index is 0.568. The van der Waals surface area contributed by atoms with Gasteiger partial charge in [0.2, 0.25) is 0 Å². The third kappa shape index (κ3) is 1.33. The van der Waals surface area contributed by atoms with E-state index in [1.807, 2.05) is 6.07 Å². The SMILES string of the molecule is Nc1ccc(-c2cnoc2)cc1N. The molecule has 2 rings (SSSR count). The minimum atomic E-state index is 0.568. The van der Waals surface area contributed by atoms with E-state index in [-0.39, 0.29) is 0 Å². The van der Waals surface area contributed by atoms with Crippen LogP contribution in [0.5, 0.6) is 0 Å². The predicted octanol–water partition coefficient (Wildman–Crippen LogP) is 1.51. The molecule has 1 heterocycles. The van der Waals surface area contributed by atoms with Gasteiger partial charge in [-0.15, -0.1) is 0 Å². The molecule has 0 bridgehead atoms. The van der Waals surface area contributed by atoms with Crippen molar-refractivity contribution in [2.45, 2.75) is 0 Å². The second-order valence-corrected chi connectivity index (χ2v) is 2.76. The van der Waals surface area contributed by atoms with E-state index in [2.05, 4.69) is 5.16 Å². The number of nitrogens with zero attached hydrogens (tertiary/aromatic N) is 1. The van der Waals surface area contributed by atoms with Crippen LogP contribution < -0.4 is 11.5 Å². The summed E-state index contributed by atoms with van der Waals surface area (Å²) in [5.41, 5.74) is 14.2. The Kier molecular flexibility index (Phi) is 1.66. The molecule has 13 heavy (non-hydrogen) atoms. The molecule has 0 spiro atoms. The van der Waals surface area contributed by atoms with E-state index < -0.39 is 0 Å². The summed E-state index contributed by atoms with van der Waals surface area (Å²) in [4.78, 5) is 0. The van der Waals surface area contributed by atoms with Crippen molar-refractivity contribution in [2.75, 3.05) is 11.5 Å². The van der Waals surface area contributed by atoms with E-state index in [1.165, 1.54) is 0 Å². The molecule has 2 aromatic rings. The molecule has 4 N–H and O–H groups in total. The van der Waals surface area contributed by atoms with E-state index in [1.54, 1.807) is 24.6 Å². The number of anilines is 2. The van der Waals surface area contributed by atoms with Gasteiger partial charge in [-0.3, -0.25) is 0 Å². The maximum Gasteiger partial charge on any atom is 0.131 e. The van der Waals surface area contributed by atoms with Crippen LogP contribution in [0.4, 0.5) is 11.4 Å². The van der Waals surface area contributed by atoms with Crippen LogP contribution >= 0.6 is 0 Å². The third-order valence-corrected chi connectivity index (χ3v) is 1.85. The zero-order valence-electron chi connectivity index (χ0n) is 6.90. The lowest BCUT2D eigenvalue weighted by Crippen LogP contribution is -1.93. The Labute approximate surface area is 75.1 Å². The lowest BCUT2D eigenvalue weighted by Gasteiger charge is -2.01. The smallest absolute Gasteiger partial charge is 0.131 e. The van der Waals surface area contributed by atoms with E-state index in [9.17, 15) is 0 Å². The maximum atomic E-state index is 5.65. The molecule has 4 heteroatoms. The fraction of sp³-hybridized carbons (Fsp3) is 0. The number of nitrogen functional groups attached to an aromatic ring is 2. The Morgan fingerprint density at radius 1 is 1.08 bits per heavy atom. The average molecular weight is 175 g/mol. The van der Waals surface area contributed by atoms with Crippen molar-refractivity contribution in [1.29, 1.82) is 0 Å². The predicted molar refractivity (Wildman–Crippen MR) is 50.8 cm³/mol. The average Bonchev–Trinajstić information content (AvgIpc) is 2.62. The molecule has 1 aromatic heterocycles. The summed E-state index contributed by atoms with van der Waals surface area (Å²) in [6.07, 6.45) is 3.19. The van der Waals surface area contributed by atoms with Gasteiger partial charge in [-0.1, -0.05) is 11.2 Å². The van der Waals surface area contributed by atoms with Crippen LogP contribution in [0.3, 0.4) is 0 Å². The monoisotopic (exact) mass is 175 g/mol. The number of hydrogen-bond donors (Lipinski definition) is 2. The zero-order chi connectivity index (χ0) is 9.26. The highest BCUT2D eigenvalue weighted by molar-refractivity contribution is 5.73. The minimum Gasteiger partial charge on any atom is -0.397 e. The number of benzene rings is 1. The van der Waals surface area contributed by atoms with Gasteiger partial charge in [-0.05, 0) is 17.7 Å². The number of nitrogens with two attached hydrogens (primary N) is 2. The molecular formula is C9H9N3O. The number of aromatic nitrogens is 1. The molecule has 0 saturated heterocycles. The Morgan fingerprint density at radius 3 is 2.54 bits per heavy atom. The quantitative estimate of drug-likeness (QED) is 0.644. The molecule has 0 aliphatic carbocycles. The first-order valence-electron chi connectivity index (χ1n) is 3.82. The molecule has 0 aliphatic rings. The van der Waals surface area contributed by atoms with Gasteiger partial charge in [-0.2, -0.15) is 0 Å². The standard InChI is InChI=1S/C9H9N3O/c10-8-2-1-6(3-9(8)11)7-4-12-13-5-7/h1-5H,10-11H2. The van der Waals surface area contributed by atoms with E-state index >= 15 is 0 Å². The lowest BCUT2D eigenvalue weighted by molar-refractivity contribution is 0.420. The van der Waals surface area contributed by atoms with Crippen molar-refractivity contribution < 1.29 is 4.52 Å². The van der Waals surface area contributed by atoms with E-state index in [0.29, 0.717) is 11.4 Å².